The van der Waals surface area contributed by atoms with Crippen molar-refractivity contribution in [3.8, 4) is 5.75 Å². The monoisotopic (exact) mass is 517 g/mol. The van der Waals surface area contributed by atoms with E-state index in [2.05, 4.69) is 0 Å². The van der Waals surface area contributed by atoms with Gasteiger partial charge in [0, 0.05) is 31.5 Å². The first-order chi connectivity index (χ1) is 16.7. The van der Waals surface area contributed by atoms with Crippen LogP contribution in [0.25, 0.3) is 0 Å². The summed E-state index contributed by atoms with van der Waals surface area (Å²) in [5, 5.41) is 8.79. The van der Waals surface area contributed by atoms with E-state index in [9.17, 15) is 31.1 Å². The van der Waals surface area contributed by atoms with E-state index < -0.39 is 35.0 Å². The van der Waals surface area contributed by atoms with Crippen molar-refractivity contribution in [2.45, 2.75) is 57.9 Å². The van der Waals surface area contributed by atoms with E-state index >= 15 is 0 Å². The fourth-order valence-electron chi connectivity index (χ4n) is 3.95. The summed E-state index contributed by atoms with van der Waals surface area (Å²) in [6.07, 6.45) is -4.63. The number of rotatable bonds is 8. The average molecular weight is 518 g/mol. The Morgan fingerprint density at radius 1 is 1.00 bits per heavy atom. The lowest BCUT2D eigenvalue weighted by Gasteiger charge is -2.48. The van der Waals surface area contributed by atoms with E-state index in [-0.39, 0.29) is 25.0 Å². The predicted molar refractivity (Wildman–Crippen MR) is 122 cm³/mol. The first kappa shape index (κ1) is 27.8. The van der Waals surface area contributed by atoms with Crippen molar-refractivity contribution in [2.24, 2.45) is 5.41 Å². The summed E-state index contributed by atoms with van der Waals surface area (Å²) >= 11 is 0. The van der Waals surface area contributed by atoms with E-state index in [0.29, 0.717) is 43.5 Å². The number of benzene rings is 2. The van der Waals surface area contributed by atoms with Gasteiger partial charge in [-0.15, -0.1) is 0 Å². The Morgan fingerprint density at radius 2 is 1.67 bits per heavy atom. The minimum atomic E-state index is -4.75. The minimum Gasteiger partial charge on any atom is -0.493 e. The molecular weight excluding hydrogens is 488 g/mol. The van der Waals surface area contributed by atoms with Crippen LogP contribution in [0.2, 0.25) is 0 Å². The van der Waals surface area contributed by atoms with Crippen molar-refractivity contribution in [3.05, 3.63) is 64.7 Å². The van der Waals surface area contributed by atoms with Gasteiger partial charge in [0.15, 0.2) is 0 Å². The zero-order chi connectivity index (χ0) is 26.6. The lowest BCUT2D eigenvalue weighted by Crippen LogP contribution is -2.56. The molecule has 2 aromatic carbocycles. The summed E-state index contributed by atoms with van der Waals surface area (Å²) in [5.74, 6) is -0.354. The number of aryl methyl sites for hydroxylation is 1. The van der Waals surface area contributed by atoms with E-state index in [1.54, 1.807) is 29.2 Å². The zero-order valence-electron chi connectivity index (χ0n) is 19.9. The van der Waals surface area contributed by atoms with E-state index in [1.807, 2.05) is 6.92 Å². The van der Waals surface area contributed by atoms with Crippen molar-refractivity contribution in [2.75, 3.05) is 19.7 Å². The highest BCUT2D eigenvalue weighted by molar-refractivity contribution is 5.67. The molecule has 0 radical (unpaired) electrons. The fraction of sp³-hybridized carbons (Fsp3) is 0.500. The van der Waals surface area contributed by atoms with Gasteiger partial charge in [-0.25, -0.2) is 0 Å². The molecular formula is C26H29F6NO3. The van der Waals surface area contributed by atoms with Gasteiger partial charge in [0.2, 0.25) is 0 Å². The Kier molecular flexibility index (Phi) is 8.59. The van der Waals surface area contributed by atoms with Crippen LogP contribution in [0.4, 0.5) is 26.3 Å². The lowest BCUT2D eigenvalue weighted by molar-refractivity contribution is -0.142. The normalized spacial score (nSPS) is 17.0. The van der Waals surface area contributed by atoms with Crippen LogP contribution < -0.4 is 4.74 Å². The number of likely N-dealkylation sites (tertiary alicyclic amines) is 1. The van der Waals surface area contributed by atoms with Gasteiger partial charge < -0.3 is 9.84 Å². The second kappa shape index (κ2) is 11.1. The van der Waals surface area contributed by atoms with Gasteiger partial charge in [0.1, 0.15) is 5.75 Å². The number of hydrogen-bond acceptors (Lipinski definition) is 3. The van der Waals surface area contributed by atoms with Gasteiger partial charge in [-0.2, -0.15) is 26.3 Å². The van der Waals surface area contributed by atoms with Crippen LogP contribution in [-0.2, 0) is 30.1 Å². The standard InChI is InChI=1S/C23H23F6NO3.C3H6/c1-21(14-33-18-4-2-3-15(9-18)5-8-20(31)32)12-30(13-21)11-16-10-17(22(24,25)26)6-7-19(16)23(27,28)29;1-2-3-1/h2-4,6-7,9-10H,5,8,11-14H2,1H3,(H,31,32);1-3H2. The molecule has 2 aliphatic rings. The highest BCUT2D eigenvalue weighted by atomic mass is 19.4. The number of carboxylic acids is 1. The SMILES string of the molecule is C1CC1.CC1(COc2cccc(CCC(=O)O)c2)CN(Cc2cc(C(F)(F)F)ccc2C(F)(F)F)C1. The van der Waals surface area contributed by atoms with E-state index in [4.69, 9.17) is 9.84 Å². The number of alkyl halides is 6. The number of carboxylic acid groups (broad SMARTS) is 1. The van der Waals surface area contributed by atoms with Gasteiger partial charge in [0.25, 0.3) is 0 Å². The third kappa shape index (κ3) is 8.43. The Labute approximate surface area is 205 Å². The highest BCUT2D eigenvalue weighted by Gasteiger charge is 2.42. The molecule has 1 saturated carbocycles. The molecule has 4 rings (SSSR count). The van der Waals surface area contributed by atoms with E-state index in [0.717, 1.165) is 5.56 Å². The molecule has 36 heavy (non-hydrogen) atoms. The molecule has 4 nitrogen and oxygen atoms in total. The van der Waals surface area contributed by atoms with E-state index in [1.165, 1.54) is 19.3 Å². The van der Waals surface area contributed by atoms with Gasteiger partial charge in [-0.1, -0.05) is 38.3 Å². The highest BCUT2D eigenvalue weighted by Crippen LogP contribution is 2.39. The molecule has 1 saturated heterocycles. The van der Waals surface area contributed by atoms with Crippen molar-refractivity contribution in [1.82, 2.24) is 4.90 Å². The molecule has 198 valence electrons. The smallest absolute Gasteiger partial charge is 0.416 e. The quantitative estimate of drug-likeness (QED) is 0.391. The second-order valence-electron chi connectivity index (χ2n) is 9.71. The molecule has 1 aliphatic heterocycles. The summed E-state index contributed by atoms with van der Waals surface area (Å²) in [5.41, 5.74) is -2.17. The molecule has 1 aliphatic carbocycles. The lowest BCUT2D eigenvalue weighted by atomic mass is 9.82. The second-order valence-corrected chi connectivity index (χ2v) is 9.71. The maximum Gasteiger partial charge on any atom is 0.416 e. The molecule has 1 N–H and O–H groups in total. The summed E-state index contributed by atoms with van der Waals surface area (Å²) in [6, 6.07) is 8.49. The van der Waals surface area contributed by atoms with Crippen molar-refractivity contribution in [1.29, 1.82) is 0 Å². The van der Waals surface area contributed by atoms with Gasteiger partial charge in [-0.05, 0) is 47.9 Å². The third-order valence-corrected chi connectivity index (χ3v) is 5.81. The van der Waals surface area contributed by atoms with Crippen LogP contribution in [0, 0.1) is 5.41 Å². The first-order valence-corrected chi connectivity index (χ1v) is 11.7. The molecule has 10 heteroatoms. The summed E-state index contributed by atoms with van der Waals surface area (Å²) in [4.78, 5) is 12.4. The summed E-state index contributed by atoms with van der Waals surface area (Å²) < 4.78 is 84.6. The average Bonchev–Trinajstić information content (AvgIpc) is 3.64. The molecule has 0 bridgehead atoms. The third-order valence-electron chi connectivity index (χ3n) is 5.81. The predicted octanol–water partition coefficient (Wildman–Crippen LogP) is 6.81. The van der Waals surface area contributed by atoms with Crippen LogP contribution in [0.1, 0.15) is 54.9 Å². The minimum absolute atomic E-state index is 0.00835. The number of halogens is 6. The molecule has 0 amide bonds. The molecule has 0 aromatic heterocycles. The van der Waals surface area contributed by atoms with Gasteiger partial charge in [0.05, 0.1) is 17.7 Å². The first-order valence-electron chi connectivity index (χ1n) is 11.7. The molecule has 1 heterocycles. The number of hydrogen-bond donors (Lipinski definition) is 1. The van der Waals surface area contributed by atoms with Gasteiger partial charge >= 0.3 is 18.3 Å². The van der Waals surface area contributed by atoms with Crippen LogP contribution in [0.15, 0.2) is 42.5 Å². The summed E-state index contributed by atoms with van der Waals surface area (Å²) in [6.45, 7) is 2.62. The van der Waals surface area contributed by atoms with Crippen LogP contribution in [0.3, 0.4) is 0 Å². The molecule has 0 unspecified atom stereocenters. The Hall–Kier alpha value is -2.75. The maximum atomic E-state index is 13.3. The number of nitrogens with zero attached hydrogens (tertiary/aromatic N) is 1. The number of aliphatic carboxylic acids is 1. The summed E-state index contributed by atoms with van der Waals surface area (Å²) in [7, 11) is 0. The number of carbonyl (C=O) groups is 1. The van der Waals surface area contributed by atoms with Crippen molar-refractivity contribution in [3.63, 3.8) is 0 Å². The number of ether oxygens (including phenoxy) is 1. The van der Waals surface area contributed by atoms with Crippen LogP contribution >= 0.6 is 0 Å². The Balaban J connectivity index is 0.00000112. The fourth-order valence-corrected chi connectivity index (χ4v) is 3.95. The van der Waals surface area contributed by atoms with Crippen LogP contribution in [-0.4, -0.2) is 35.7 Å². The largest absolute Gasteiger partial charge is 0.493 e. The van der Waals surface area contributed by atoms with Gasteiger partial charge in [-0.3, -0.25) is 9.69 Å². The Bertz CT molecular complexity index is 1040. The topological polar surface area (TPSA) is 49.8 Å². The van der Waals surface area contributed by atoms with Crippen molar-refractivity contribution < 1.29 is 41.0 Å². The Morgan fingerprint density at radius 3 is 2.22 bits per heavy atom. The van der Waals surface area contributed by atoms with Crippen molar-refractivity contribution >= 4 is 5.97 Å². The molecule has 0 atom stereocenters. The zero-order valence-corrected chi connectivity index (χ0v) is 19.9. The molecule has 2 aromatic rings. The molecule has 2 fully saturated rings. The van der Waals surface area contributed by atoms with Crippen LogP contribution in [0.5, 0.6) is 5.75 Å². The maximum absolute atomic E-state index is 13.3. The molecule has 0 spiro atoms.